The second-order valence-electron chi connectivity index (χ2n) is 8.65. The third-order valence-corrected chi connectivity index (χ3v) is 6.92. The van der Waals surface area contributed by atoms with Gasteiger partial charge in [-0.3, -0.25) is 19.3 Å². The van der Waals surface area contributed by atoms with Crippen molar-refractivity contribution in [3.63, 3.8) is 0 Å². The number of carbonyl (C=O) groups excluding carboxylic acids is 3. The number of nitrogens with one attached hydrogen (secondary N) is 1. The molecule has 1 aliphatic heterocycles. The molecule has 2 aromatic rings. The SMILES string of the molecule is O=C(N[C@H]1CCC(=O)N(Cc2c(Cl)cccc2Cl)C1=O)c1ccc(OC(F)F)c(OC2CCCC2)c1. The summed E-state index contributed by atoms with van der Waals surface area (Å²) in [5.41, 5.74) is 0.535. The summed E-state index contributed by atoms with van der Waals surface area (Å²) < 4.78 is 36.1. The van der Waals surface area contributed by atoms with Gasteiger partial charge in [-0.05, 0) is 62.4 Å². The molecule has 0 aromatic heterocycles. The van der Waals surface area contributed by atoms with E-state index in [1.807, 2.05) is 0 Å². The van der Waals surface area contributed by atoms with Gasteiger partial charge in [0.2, 0.25) is 5.91 Å². The summed E-state index contributed by atoms with van der Waals surface area (Å²) in [6, 6.07) is 7.77. The fourth-order valence-electron chi connectivity index (χ4n) is 4.34. The number of likely N-dealkylation sites (tertiary alicyclic amines) is 1. The van der Waals surface area contributed by atoms with Crippen LogP contribution in [-0.4, -0.2) is 41.4 Å². The quantitative estimate of drug-likeness (QED) is 0.455. The molecule has 11 heteroatoms. The van der Waals surface area contributed by atoms with Crippen molar-refractivity contribution in [2.45, 2.75) is 63.8 Å². The van der Waals surface area contributed by atoms with E-state index in [9.17, 15) is 23.2 Å². The number of hydrogen-bond acceptors (Lipinski definition) is 5. The summed E-state index contributed by atoms with van der Waals surface area (Å²) in [5, 5.41) is 3.27. The van der Waals surface area contributed by atoms with E-state index in [0.29, 0.717) is 15.6 Å². The van der Waals surface area contributed by atoms with Gasteiger partial charge in [-0.15, -0.1) is 0 Å². The molecule has 0 radical (unpaired) electrons. The molecule has 1 atom stereocenters. The van der Waals surface area contributed by atoms with Gasteiger partial charge < -0.3 is 14.8 Å². The van der Waals surface area contributed by atoms with Crippen LogP contribution in [0.3, 0.4) is 0 Å². The highest BCUT2D eigenvalue weighted by Gasteiger charge is 2.36. The number of imide groups is 1. The van der Waals surface area contributed by atoms with Gasteiger partial charge in [-0.2, -0.15) is 8.78 Å². The Morgan fingerprint density at radius 1 is 1.06 bits per heavy atom. The van der Waals surface area contributed by atoms with Gasteiger partial charge in [0, 0.05) is 27.6 Å². The lowest BCUT2D eigenvalue weighted by atomic mass is 10.0. The highest BCUT2D eigenvalue weighted by molar-refractivity contribution is 6.36. The largest absolute Gasteiger partial charge is 0.487 e. The van der Waals surface area contributed by atoms with Gasteiger partial charge in [0.25, 0.3) is 11.8 Å². The Labute approximate surface area is 216 Å². The average Bonchev–Trinajstić information content (AvgIpc) is 3.34. The van der Waals surface area contributed by atoms with E-state index in [1.54, 1.807) is 18.2 Å². The predicted octanol–water partition coefficient (Wildman–Crippen LogP) is 5.36. The number of amides is 3. The number of halogens is 4. The first-order chi connectivity index (χ1) is 17.2. The maximum absolute atomic E-state index is 13.1. The minimum Gasteiger partial charge on any atom is -0.487 e. The summed E-state index contributed by atoms with van der Waals surface area (Å²) in [4.78, 5) is 39.6. The van der Waals surface area contributed by atoms with E-state index in [4.69, 9.17) is 27.9 Å². The number of carbonyl (C=O) groups is 3. The Hall–Kier alpha value is -2.91. The van der Waals surface area contributed by atoms with Crippen LogP contribution in [0.2, 0.25) is 10.0 Å². The Balaban J connectivity index is 1.49. The third-order valence-electron chi connectivity index (χ3n) is 6.21. The molecule has 1 saturated carbocycles. The molecule has 2 aromatic carbocycles. The topological polar surface area (TPSA) is 84.9 Å². The molecule has 1 N–H and O–H groups in total. The molecule has 4 rings (SSSR count). The first-order valence-electron chi connectivity index (χ1n) is 11.6. The molecule has 0 bridgehead atoms. The molecule has 1 saturated heterocycles. The van der Waals surface area contributed by atoms with E-state index >= 15 is 0 Å². The highest BCUT2D eigenvalue weighted by atomic mass is 35.5. The van der Waals surface area contributed by atoms with Crippen molar-refractivity contribution in [2.75, 3.05) is 0 Å². The first-order valence-corrected chi connectivity index (χ1v) is 12.3. The van der Waals surface area contributed by atoms with Crippen LogP contribution in [0, 0.1) is 0 Å². The molecule has 3 amide bonds. The summed E-state index contributed by atoms with van der Waals surface area (Å²) in [6.07, 6.45) is 3.49. The van der Waals surface area contributed by atoms with Crippen LogP contribution in [0.25, 0.3) is 0 Å². The number of nitrogens with zero attached hydrogens (tertiary/aromatic N) is 1. The van der Waals surface area contributed by atoms with Crippen molar-refractivity contribution in [3.05, 3.63) is 57.6 Å². The number of ether oxygens (including phenoxy) is 2. The van der Waals surface area contributed by atoms with E-state index in [1.165, 1.54) is 18.2 Å². The van der Waals surface area contributed by atoms with Gasteiger partial charge >= 0.3 is 6.61 Å². The molecular weight excluding hydrogens is 517 g/mol. The molecular formula is C25H24Cl2F2N2O5. The molecule has 0 unspecified atom stereocenters. The highest BCUT2D eigenvalue weighted by Crippen LogP contribution is 2.34. The van der Waals surface area contributed by atoms with Crippen molar-refractivity contribution in [1.82, 2.24) is 10.2 Å². The monoisotopic (exact) mass is 540 g/mol. The standard InChI is InChI=1S/C25H24Cl2F2N2O5/c26-17-6-3-7-18(27)16(17)13-31-22(32)11-9-19(24(31)34)30-23(33)14-8-10-20(36-25(28)29)21(12-14)35-15-4-1-2-5-15/h3,6-8,10,12,15,19,25H,1-2,4-5,9,11,13H2,(H,30,33)/t19-/m0/s1. The van der Waals surface area contributed by atoms with Gasteiger partial charge in [0.05, 0.1) is 12.6 Å². The summed E-state index contributed by atoms with van der Waals surface area (Å²) in [6.45, 7) is -3.17. The van der Waals surface area contributed by atoms with Crippen LogP contribution in [-0.2, 0) is 16.1 Å². The Bertz CT molecular complexity index is 1140. The van der Waals surface area contributed by atoms with Crippen molar-refractivity contribution in [2.24, 2.45) is 0 Å². The number of alkyl halides is 2. The number of rotatable bonds is 8. The zero-order chi connectivity index (χ0) is 25.8. The number of hydrogen-bond donors (Lipinski definition) is 1. The van der Waals surface area contributed by atoms with Crippen LogP contribution in [0.15, 0.2) is 36.4 Å². The van der Waals surface area contributed by atoms with Gasteiger partial charge in [0.1, 0.15) is 6.04 Å². The fraction of sp³-hybridized carbons (Fsp3) is 0.400. The molecule has 7 nitrogen and oxygen atoms in total. The number of piperidine rings is 1. The normalized spacial score (nSPS) is 18.6. The maximum Gasteiger partial charge on any atom is 0.387 e. The zero-order valence-corrected chi connectivity index (χ0v) is 20.7. The van der Waals surface area contributed by atoms with Crippen molar-refractivity contribution in [3.8, 4) is 11.5 Å². The second kappa shape index (κ2) is 11.4. The smallest absolute Gasteiger partial charge is 0.387 e. The maximum atomic E-state index is 13.1. The lowest BCUT2D eigenvalue weighted by Crippen LogP contribution is -2.54. The Morgan fingerprint density at radius 3 is 2.42 bits per heavy atom. The van der Waals surface area contributed by atoms with Gasteiger partial charge in [-0.25, -0.2) is 0 Å². The van der Waals surface area contributed by atoms with Gasteiger partial charge in [0.15, 0.2) is 11.5 Å². The molecule has 192 valence electrons. The molecule has 1 heterocycles. The fourth-order valence-corrected chi connectivity index (χ4v) is 4.86. The van der Waals surface area contributed by atoms with Crippen molar-refractivity contribution >= 4 is 40.9 Å². The Kier molecular flexibility index (Phi) is 8.31. The van der Waals surface area contributed by atoms with Crippen molar-refractivity contribution in [1.29, 1.82) is 0 Å². The van der Waals surface area contributed by atoms with Crippen LogP contribution in [0.4, 0.5) is 8.78 Å². The Morgan fingerprint density at radius 2 is 1.75 bits per heavy atom. The molecule has 2 aliphatic rings. The van der Waals surface area contributed by atoms with Crippen LogP contribution in [0.1, 0.15) is 54.4 Å². The second-order valence-corrected chi connectivity index (χ2v) is 9.46. The molecule has 36 heavy (non-hydrogen) atoms. The first kappa shape index (κ1) is 26.2. The summed E-state index contributed by atoms with van der Waals surface area (Å²) in [7, 11) is 0. The van der Waals surface area contributed by atoms with E-state index in [2.05, 4.69) is 10.1 Å². The van der Waals surface area contributed by atoms with Crippen LogP contribution < -0.4 is 14.8 Å². The average molecular weight is 541 g/mol. The van der Waals surface area contributed by atoms with Crippen molar-refractivity contribution < 1.29 is 32.6 Å². The zero-order valence-electron chi connectivity index (χ0n) is 19.1. The number of benzene rings is 2. The van der Waals surface area contributed by atoms with E-state index in [0.717, 1.165) is 30.6 Å². The molecule has 0 spiro atoms. The molecule has 1 aliphatic carbocycles. The minimum absolute atomic E-state index is 0.0370. The van der Waals surface area contributed by atoms with E-state index in [-0.39, 0.29) is 42.6 Å². The lowest BCUT2D eigenvalue weighted by Gasteiger charge is -2.31. The van der Waals surface area contributed by atoms with Crippen LogP contribution >= 0.6 is 23.2 Å². The minimum atomic E-state index is -3.05. The van der Waals surface area contributed by atoms with Gasteiger partial charge in [-0.1, -0.05) is 29.3 Å². The lowest BCUT2D eigenvalue weighted by molar-refractivity contribution is -0.150. The van der Waals surface area contributed by atoms with Crippen LogP contribution in [0.5, 0.6) is 11.5 Å². The third kappa shape index (κ3) is 6.07. The molecule has 2 fully saturated rings. The van der Waals surface area contributed by atoms with E-state index < -0.39 is 30.4 Å². The summed E-state index contributed by atoms with van der Waals surface area (Å²) in [5.74, 6) is -1.73. The predicted molar refractivity (Wildman–Crippen MR) is 128 cm³/mol. The summed E-state index contributed by atoms with van der Waals surface area (Å²) >= 11 is 12.4.